The molecular weight excluding hydrogens is 316 g/mol. The number of nitrogens with one attached hydrogen (secondary N) is 1. The Morgan fingerprint density at radius 3 is 2.57 bits per heavy atom. The predicted octanol–water partition coefficient (Wildman–Crippen LogP) is -0.446. The quantitative estimate of drug-likeness (QED) is 0.676. The molecule has 1 atom stereocenters. The summed E-state index contributed by atoms with van der Waals surface area (Å²) in [5, 5.41) is 3.21. The number of carbonyl (C=O) groups excluding carboxylic acids is 1. The molecule has 23 heavy (non-hydrogen) atoms. The molecule has 0 bridgehead atoms. The summed E-state index contributed by atoms with van der Waals surface area (Å²) in [7, 11) is -3.29. The molecule has 0 aromatic carbocycles. The highest BCUT2D eigenvalue weighted by Gasteiger charge is 2.29. The summed E-state index contributed by atoms with van der Waals surface area (Å²) < 4.78 is 25.6. The lowest BCUT2D eigenvalue weighted by molar-refractivity contribution is -0.131. The Morgan fingerprint density at radius 2 is 1.96 bits per heavy atom. The Morgan fingerprint density at radius 1 is 1.26 bits per heavy atom. The standard InChI is InChI=1S/C15H30N4O3S/c1-3-17-9-4-5-14(17)13-19(23(2,21)22)10-6-15(20)18-11-7-16-8-12-18/h14,16H,3-13H2,1-2H3/t14-/m0/s1. The lowest BCUT2D eigenvalue weighted by Gasteiger charge is -2.30. The molecule has 0 unspecified atom stereocenters. The molecule has 1 N–H and O–H groups in total. The first kappa shape index (κ1) is 18.6. The summed E-state index contributed by atoms with van der Waals surface area (Å²) in [5.74, 6) is 0.0546. The lowest BCUT2D eigenvalue weighted by atomic mass is 10.2. The van der Waals surface area contributed by atoms with Crippen LogP contribution in [0.2, 0.25) is 0 Å². The Labute approximate surface area is 140 Å². The van der Waals surface area contributed by atoms with E-state index in [-0.39, 0.29) is 24.9 Å². The van der Waals surface area contributed by atoms with Crippen LogP contribution in [0.15, 0.2) is 0 Å². The number of rotatable bonds is 7. The third kappa shape index (κ3) is 5.41. The van der Waals surface area contributed by atoms with Crippen molar-refractivity contribution in [3.63, 3.8) is 0 Å². The van der Waals surface area contributed by atoms with E-state index in [2.05, 4.69) is 17.1 Å². The van der Waals surface area contributed by atoms with Crippen LogP contribution in [-0.2, 0) is 14.8 Å². The zero-order chi connectivity index (χ0) is 16.9. The van der Waals surface area contributed by atoms with E-state index in [1.54, 1.807) is 0 Å². The van der Waals surface area contributed by atoms with Gasteiger partial charge in [-0.2, -0.15) is 0 Å². The van der Waals surface area contributed by atoms with Crippen molar-refractivity contribution in [2.45, 2.75) is 32.2 Å². The molecule has 2 heterocycles. The first-order valence-corrected chi connectivity index (χ1v) is 10.4. The van der Waals surface area contributed by atoms with Gasteiger partial charge in [-0.3, -0.25) is 9.69 Å². The summed E-state index contributed by atoms with van der Waals surface area (Å²) in [6, 6.07) is 0.281. The molecule has 2 rings (SSSR count). The first-order chi connectivity index (χ1) is 10.9. The van der Waals surface area contributed by atoms with Gasteiger partial charge in [-0.1, -0.05) is 6.92 Å². The third-order valence-electron chi connectivity index (χ3n) is 4.83. The van der Waals surface area contributed by atoms with E-state index in [9.17, 15) is 13.2 Å². The zero-order valence-electron chi connectivity index (χ0n) is 14.3. The Bertz CT molecular complexity index is 491. The molecule has 2 saturated heterocycles. The van der Waals surface area contributed by atoms with Crippen molar-refractivity contribution in [3.8, 4) is 0 Å². The van der Waals surface area contributed by atoms with E-state index in [4.69, 9.17) is 0 Å². The molecule has 0 aliphatic carbocycles. The second kappa shape index (κ2) is 8.41. The van der Waals surface area contributed by atoms with Crippen LogP contribution >= 0.6 is 0 Å². The van der Waals surface area contributed by atoms with Crippen LogP contribution in [0.3, 0.4) is 0 Å². The Kier molecular flexibility index (Phi) is 6.82. The first-order valence-electron chi connectivity index (χ1n) is 8.59. The molecule has 2 aliphatic rings. The Hall–Kier alpha value is -0.700. The topological polar surface area (TPSA) is 73.0 Å². The largest absolute Gasteiger partial charge is 0.340 e. The van der Waals surface area contributed by atoms with Crippen molar-refractivity contribution >= 4 is 15.9 Å². The minimum atomic E-state index is -3.29. The average Bonchev–Trinajstić information content (AvgIpc) is 2.98. The number of hydrogen-bond donors (Lipinski definition) is 1. The summed E-state index contributed by atoms with van der Waals surface area (Å²) >= 11 is 0. The maximum atomic E-state index is 12.3. The number of nitrogens with zero attached hydrogens (tertiary/aromatic N) is 3. The smallest absolute Gasteiger partial charge is 0.223 e. The summed E-state index contributed by atoms with van der Waals surface area (Å²) in [4.78, 5) is 16.4. The van der Waals surface area contributed by atoms with Crippen LogP contribution in [0.5, 0.6) is 0 Å². The van der Waals surface area contributed by atoms with Gasteiger partial charge in [-0.15, -0.1) is 0 Å². The van der Waals surface area contributed by atoms with Gasteiger partial charge in [0, 0.05) is 51.7 Å². The number of amides is 1. The van der Waals surface area contributed by atoms with Crippen LogP contribution in [0.4, 0.5) is 0 Å². The second-order valence-corrected chi connectivity index (χ2v) is 8.41. The van der Waals surface area contributed by atoms with Gasteiger partial charge in [0.2, 0.25) is 15.9 Å². The molecule has 0 aromatic heterocycles. The summed E-state index contributed by atoms with van der Waals surface area (Å²) in [5.41, 5.74) is 0. The normalized spacial score (nSPS) is 23.6. The van der Waals surface area contributed by atoms with Gasteiger partial charge in [-0.25, -0.2) is 12.7 Å². The molecule has 1 amide bonds. The molecule has 2 fully saturated rings. The zero-order valence-corrected chi connectivity index (χ0v) is 15.1. The molecule has 8 heteroatoms. The Balaban J connectivity index is 1.89. The van der Waals surface area contributed by atoms with Crippen molar-refractivity contribution in [1.82, 2.24) is 19.4 Å². The highest BCUT2D eigenvalue weighted by atomic mass is 32.2. The molecule has 7 nitrogen and oxygen atoms in total. The van der Waals surface area contributed by atoms with Gasteiger partial charge in [0.05, 0.1) is 6.26 Å². The van der Waals surface area contributed by atoms with Gasteiger partial charge in [0.15, 0.2) is 0 Å². The lowest BCUT2D eigenvalue weighted by Crippen LogP contribution is -2.48. The van der Waals surface area contributed by atoms with Crippen LogP contribution < -0.4 is 5.32 Å². The number of piperazine rings is 1. The average molecular weight is 346 g/mol. The van der Waals surface area contributed by atoms with Crippen LogP contribution in [0, 0.1) is 0 Å². The van der Waals surface area contributed by atoms with E-state index in [1.165, 1.54) is 10.6 Å². The SMILES string of the molecule is CCN1CCC[C@H]1CN(CCC(=O)N1CCNCC1)S(C)(=O)=O. The van der Waals surface area contributed by atoms with Crippen LogP contribution in [-0.4, -0.2) is 93.1 Å². The minimum Gasteiger partial charge on any atom is -0.340 e. The molecular formula is C15H30N4O3S. The summed E-state index contributed by atoms with van der Waals surface area (Å²) in [6.45, 7) is 7.94. The van der Waals surface area contributed by atoms with E-state index < -0.39 is 10.0 Å². The number of likely N-dealkylation sites (N-methyl/N-ethyl adjacent to an activating group) is 1. The number of hydrogen-bond acceptors (Lipinski definition) is 5. The van der Waals surface area contributed by atoms with Crippen molar-refractivity contribution in [2.75, 3.05) is 58.6 Å². The fourth-order valence-electron chi connectivity index (χ4n) is 3.44. The van der Waals surface area contributed by atoms with Gasteiger partial charge in [0.1, 0.15) is 0 Å². The van der Waals surface area contributed by atoms with Crippen LogP contribution in [0.1, 0.15) is 26.2 Å². The maximum absolute atomic E-state index is 12.3. The third-order valence-corrected chi connectivity index (χ3v) is 6.10. The van der Waals surface area contributed by atoms with E-state index in [1.807, 2.05) is 4.90 Å². The van der Waals surface area contributed by atoms with Crippen LogP contribution in [0.25, 0.3) is 0 Å². The van der Waals surface area contributed by atoms with Crippen molar-refractivity contribution < 1.29 is 13.2 Å². The number of likely N-dealkylation sites (tertiary alicyclic amines) is 1. The van der Waals surface area contributed by atoms with Gasteiger partial charge in [-0.05, 0) is 25.9 Å². The van der Waals surface area contributed by atoms with E-state index >= 15 is 0 Å². The van der Waals surface area contributed by atoms with Gasteiger partial charge < -0.3 is 10.2 Å². The molecule has 0 saturated carbocycles. The van der Waals surface area contributed by atoms with E-state index in [0.717, 1.165) is 39.0 Å². The van der Waals surface area contributed by atoms with Crippen molar-refractivity contribution in [1.29, 1.82) is 0 Å². The number of sulfonamides is 1. The molecule has 0 aromatic rings. The van der Waals surface area contributed by atoms with Crippen molar-refractivity contribution in [3.05, 3.63) is 0 Å². The van der Waals surface area contributed by atoms with Gasteiger partial charge >= 0.3 is 0 Å². The fraction of sp³-hybridized carbons (Fsp3) is 0.933. The summed E-state index contributed by atoms with van der Waals surface area (Å²) in [6.07, 6.45) is 3.67. The highest BCUT2D eigenvalue weighted by Crippen LogP contribution is 2.19. The van der Waals surface area contributed by atoms with E-state index in [0.29, 0.717) is 19.6 Å². The minimum absolute atomic E-state index is 0.0546. The molecule has 134 valence electrons. The fourth-order valence-corrected chi connectivity index (χ4v) is 4.30. The molecule has 0 spiro atoms. The molecule has 0 radical (unpaired) electrons. The monoisotopic (exact) mass is 346 g/mol. The number of carbonyl (C=O) groups is 1. The molecule has 2 aliphatic heterocycles. The van der Waals surface area contributed by atoms with Crippen molar-refractivity contribution in [2.24, 2.45) is 0 Å². The highest BCUT2D eigenvalue weighted by molar-refractivity contribution is 7.88. The van der Waals surface area contributed by atoms with Gasteiger partial charge in [0.25, 0.3) is 0 Å². The second-order valence-electron chi connectivity index (χ2n) is 6.43. The maximum Gasteiger partial charge on any atom is 0.223 e. The predicted molar refractivity (Wildman–Crippen MR) is 90.8 cm³/mol.